The summed E-state index contributed by atoms with van der Waals surface area (Å²) >= 11 is 1.75. The summed E-state index contributed by atoms with van der Waals surface area (Å²) < 4.78 is 0. The topological polar surface area (TPSA) is 28.2 Å². The van der Waals surface area contributed by atoms with Gasteiger partial charge in [-0.3, -0.25) is 0 Å². The number of hydrogen-bond acceptors (Lipinski definition) is 4. The summed E-state index contributed by atoms with van der Waals surface area (Å²) in [4.78, 5) is 6.89. The lowest BCUT2D eigenvalue weighted by atomic mass is 10.1. The van der Waals surface area contributed by atoms with Crippen LogP contribution in [0.4, 0.5) is 5.13 Å². The van der Waals surface area contributed by atoms with Gasteiger partial charge in [0.2, 0.25) is 0 Å². The molecule has 2 unspecified atom stereocenters. The molecule has 0 saturated carbocycles. The molecule has 84 valence electrons. The van der Waals surface area contributed by atoms with Gasteiger partial charge in [0, 0.05) is 36.8 Å². The molecule has 0 spiro atoms. The quantitative estimate of drug-likeness (QED) is 0.854. The molecule has 1 aliphatic heterocycles. The molecule has 3 nitrogen and oxygen atoms in total. The Morgan fingerprint density at radius 3 is 3.00 bits per heavy atom. The number of nitrogens with one attached hydrogen (secondary N) is 1. The summed E-state index contributed by atoms with van der Waals surface area (Å²) in [6.45, 7) is 6.68. The molecule has 0 bridgehead atoms. The number of thiazole rings is 1. The highest BCUT2D eigenvalue weighted by Crippen LogP contribution is 2.23. The summed E-state index contributed by atoms with van der Waals surface area (Å²) in [6.07, 6.45) is 4.27. The van der Waals surface area contributed by atoms with Crippen LogP contribution in [-0.4, -0.2) is 30.2 Å². The molecule has 2 rings (SSSR count). The molecule has 0 aliphatic carbocycles. The molecule has 1 aliphatic rings. The molecular formula is C11H19N3S. The maximum absolute atomic E-state index is 4.42. The maximum atomic E-state index is 4.42. The third-order valence-electron chi connectivity index (χ3n) is 3.13. The molecule has 2 atom stereocenters. The zero-order valence-corrected chi connectivity index (χ0v) is 10.3. The van der Waals surface area contributed by atoms with E-state index in [-0.39, 0.29) is 0 Å². The lowest BCUT2D eigenvalue weighted by Gasteiger charge is -2.39. The predicted molar refractivity (Wildman–Crippen MR) is 65.6 cm³/mol. The lowest BCUT2D eigenvalue weighted by molar-refractivity contribution is 0.378. The van der Waals surface area contributed by atoms with Gasteiger partial charge in [0.15, 0.2) is 5.13 Å². The fourth-order valence-electron chi connectivity index (χ4n) is 2.09. The van der Waals surface area contributed by atoms with Crippen LogP contribution in [0.15, 0.2) is 11.6 Å². The Balaban J connectivity index is 2.10. The van der Waals surface area contributed by atoms with Crippen LogP contribution in [0.1, 0.15) is 26.7 Å². The van der Waals surface area contributed by atoms with Crippen molar-refractivity contribution in [1.82, 2.24) is 10.3 Å². The zero-order valence-electron chi connectivity index (χ0n) is 9.44. The first-order valence-corrected chi connectivity index (χ1v) is 6.62. The van der Waals surface area contributed by atoms with Crippen molar-refractivity contribution in [2.45, 2.75) is 38.8 Å². The van der Waals surface area contributed by atoms with Crippen molar-refractivity contribution in [3.8, 4) is 0 Å². The van der Waals surface area contributed by atoms with Gasteiger partial charge < -0.3 is 10.2 Å². The number of piperazine rings is 1. The molecule has 0 radical (unpaired) electrons. The fourth-order valence-corrected chi connectivity index (χ4v) is 2.82. The Bertz CT molecular complexity index is 286. The highest BCUT2D eigenvalue weighted by atomic mass is 32.1. The highest BCUT2D eigenvalue weighted by Gasteiger charge is 2.27. The van der Waals surface area contributed by atoms with Crippen molar-refractivity contribution >= 4 is 16.5 Å². The number of aromatic nitrogens is 1. The molecule has 15 heavy (non-hydrogen) atoms. The number of hydrogen-bond donors (Lipinski definition) is 1. The minimum Gasteiger partial charge on any atom is -0.342 e. The number of rotatable bonds is 3. The molecule has 4 heteroatoms. The van der Waals surface area contributed by atoms with Crippen LogP contribution in [0.25, 0.3) is 0 Å². The van der Waals surface area contributed by atoms with Gasteiger partial charge >= 0.3 is 0 Å². The van der Waals surface area contributed by atoms with E-state index in [1.807, 2.05) is 6.20 Å². The third kappa shape index (κ3) is 2.32. The van der Waals surface area contributed by atoms with Gasteiger partial charge in [-0.2, -0.15) is 0 Å². The van der Waals surface area contributed by atoms with Gasteiger partial charge in [0.1, 0.15) is 0 Å². The average molecular weight is 225 g/mol. The third-order valence-corrected chi connectivity index (χ3v) is 3.94. The molecule has 0 aromatic carbocycles. The normalized spacial score (nSPS) is 26.9. The molecule has 2 heterocycles. The first-order valence-electron chi connectivity index (χ1n) is 5.74. The van der Waals surface area contributed by atoms with Gasteiger partial charge in [0.05, 0.1) is 0 Å². The van der Waals surface area contributed by atoms with Gasteiger partial charge in [0.25, 0.3) is 0 Å². The molecule has 0 amide bonds. The van der Waals surface area contributed by atoms with E-state index in [0.717, 1.165) is 13.1 Å². The van der Waals surface area contributed by atoms with E-state index in [4.69, 9.17) is 0 Å². The second kappa shape index (κ2) is 4.94. The summed E-state index contributed by atoms with van der Waals surface area (Å²) in [5, 5.41) is 6.84. The second-order valence-electron chi connectivity index (χ2n) is 4.04. The molecule has 1 saturated heterocycles. The maximum Gasteiger partial charge on any atom is 0.185 e. The van der Waals surface area contributed by atoms with Crippen LogP contribution in [-0.2, 0) is 0 Å². The standard InChI is InChI=1S/C11H19N3S/c1-3-9-8-14(10(4-2)7-13-9)11-12-5-6-15-11/h5-6,9-10,13H,3-4,7-8H2,1-2H3. The van der Waals surface area contributed by atoms with Crippen LogP contribution < -0.4 is 10.2 Å². The smallest absolute Gasteiger partial charge is 0.185 e. The van der Waals surface area contributed by atoms with E-state index in [9.17, 15) is 0 Å². The van der Waals surface area contributed by atoms with Crippen LogP contribution in [0.3, 0.4) is 0 Å². The Morgan fingerprint density at radius 1 is 1.53 bits per heavy atom. The van der Waals surface area contributed by atoms with Crippen LogP contribution in [0.2, 0.25) is 0 Å². The summed E-state index contributed by atoms with van der Waals surface area (Å²) in [7, 11) is 0. The van der Waals surface area contributed by atoms with Crippen LogP contribution in [0, 0.1) is 0 Å². The molecule has 1 aromatic rings. The summed E-state index contributed by atoms with van der Waals surface area (Å²) in [5.74, 6) is 0. The van der Waals surface area contributed by atoms with E-state index >= 15 is 0 Å². The van der Waals surface area contributed by atoms with Crippen LogP contribution in [0.5, 0.6) is 0 Å². The lowest BCUT2D eigenvalue weighted by Crippen LogP contribution is -2.56. The van der Waals surface area contributed by atoms with Crippen molar-refractivity contribution in [3.05, 3.63) is 11.6 Å². The summed E-state index contributed by atoms with van der Waals surface area (Å²) in [5.41, 5.74) is 0. The predicted octanol–water partition coefficient (Wildman–Crippen LogP) is 2.11. The van der Waals surface area contributed by atoms with E-state index in [1.54, 1.807) is 11.3 Å². The van der Waals surface area contributed by atoms with E-state index in [0.29, 0.717) is 12.1 Å². The zero-order chi connectivity index (χ0) is 10.7. The number of anilines is 1. The molecule has 1 aromatic heterocycles. The van der Waals surface area contributed by atoms with Crippen molar-refractivity contribution in [2.24, 2.45) is 0 Å². The first kappa shape index (κ1) is 10.9. The second-order valence-corrected chi connectivity index (χ2v) is 4.92. The van der Waals surface area contributed by atoms with Crippen molar-refractivity contribution in [3.63, 3.8) is 0 Å². The van der Waals surface area contributed by atoms with Crippen molar-refractivity contribution < 1.29 is 0 Å². The first-order chi connectivity index (χ1) is 7.35. The Labute approximate surface area is 95.5 Å². The van der Waals surface area contributed by atoms with Gasteiger partial charge in [-0.05, 0) is 12.8 Å². The van der Waals surface area contributed by atoms with Crippen molar-refractivity contribution in [1.29, 1.82) is 0 Å². The molecular weight excluding hydrogens is 206 g/mol. The highest BCUT2D eigenvalue weighted by molar-refractivity contribution is 7.13. The van der Waals surface area contributed by atoms with E-state index in [2.05, 4.69) is 34.4 Å². The summed E-state index contributed by atoms with van der Waals surface area (Å²) in [6, 6.07) is 1.23. The van der Waals surface area contributed by atoms with E-state index < -0.39 is 0 Å². The Morgan fingerprint density at radius 2 is 2.40 bits per heavy atom. The average Bonchev–Trinajstić information content (AvgIpc) is 2.81. The minimum absolute atomic E-state index is 0.610. The SMILES string of the molecule is CCC1CN(c2nccs2)C(CC)CN1. The largest absolute Gasteiger partial charge is 0.342 e. The Hall–Kier alpha value is -0.610. The van der Waals surface area contributed by atoms with Gasteiger partial charge in [-0.15, -0.1) is 11.3 Å². The van der Waals surface area contributed by atoms with E-state index in [1.165, 1.54) is 18.0 Å². The minimum atomic E-state index is 0.610. The van der Waals surface area contributed by atoms with Crippen molar-refractivity contribution in [2.75, 3.05) is 18.0 Å². The number of nitrogens with zero attached hydrogens (tertiary/aromatic N) is 2. The van der Waals surface area contributed by atoms with Gasteiger partial charge in [-0.1, -0.05) is 13.8 Å². The molecule has 1 N–H and O–H groups in total. The fraction of sp³-hybridized carbons (Fsp3) is 0.727. The monoisotopic (exact) mass is 225 g/mol. The Kier molecular flexibility index (Phi) is 3.59. The van der Waals surface area contributed by atoms with Gasteiger partial charge in [-0.25, -0.2) is 4.98 Å². The molecule has 1 fully saturated rings. The van der Waals surface area contributed by atoms with Crippen LogP contribution >= 0.6 is 11.3 Å².